The molecule has 0 aromatic heterocycles. The molecular formula is C17H18N2O6S. The minimum absolute atomic E-state index is 0.000181. The molecule has 1 aromatic carbocycles. The van der Waals surface area contributed by atoms with Gasteiger partial charge in [-0.1, -0.05) is 6.07 Å². The molecule has 0 spiro atoms. The predicted octanol–water partition coefficient (Wildman–Crippen LogP) is 1.25. The zero-order valence-electron chi connectivity index (χ0n) is 14.4. The average Bonchev–Trinajstić information content (AvgIpc) is 2.80. The maximum absolute atomic E-state index is 12.7. The molecule has 138 valence electrons. The lowest BCUT2D eigenvalue weighted by Gasteiger charge is -2.48. The van der Waals surface area contributed by atoms with E-state index in [1.807, 2.05) is 0 Å². The molecule has 2 N–H and O–H groups in total. The van der Waals surface area contributed by atoms with E-state index in [4.69, 9.17) is 5.11 Å². The quantitative estimate of drug-likeness (QED) is 0.758. The van der Waals surface area contributed by atoms with E-state index in [1.165, 1.54) is 46.7 Å². The summed E-state index contributed by atoms with van der Waals surface area (Å²) in [6, 6.07) is 3.96. The number of carboxylic acids is 2. The minimum Gasteiger partial charge on any atom is -0.480 e. The van der Waals surface area contributed by atoms with Crippen LogP contribution in [0.4, 0.5) is 5.69 Å². The second kappa shape index (κ2) is 6.01. The van der Waals surface area contributed by atoms with Crippen molar-refractivity contribution in [3.05, 3.63) is 29.8 Å². The number of fused-ring (bicyclic) bond motifs is 1. The number of carbonyl (C=O) groups excluding carboxylic acids is 2. The second-order valence-electron chi connectivity index (χ2n) is 6.79. The first-order chi connectivity index (χ1) is 12.1. The van der Waals surface area contributed by atoms with Crippen LogP contribution >= 0.6 is 11.8 Å². The number of aromatic carboxylic acids is 1. The van der Waals surface area contributed by atoms with Gasteiger partial charge >= 0.3 is 11.9 Å². The summed E-state index contributed by atoms with van der Waals surface area (Å²) in [5.41, 5.74) is 0.299. The molecule has 8 nitrogen and oxygen atoms in total. The van der Waals surface area contributed by atoms with Crippen molar-refractivity contribution in [2.24, 2.45) is 0 Å². The van der Waals surface area contributed by atoms with E-state index in [-0.39, 0.29) is 5.56 Å². The third kappa shape index (κ3) is 2.63. The maximum Gasteiger partial charge on any atom is 0.335 e. The normalized spacial score (nSPS) is 26.0. The van der Waals surface area contributed by atoms with Gasteiger partial charge in [0, 0.05) is 17.4 Å². The number of aliphatic carboxylic acids is 1. The molecule has 3 atom stereocenters. The molecule has 0 radical (unpaired) electrons. The van der Waals surface area contributed by atoms with E-state index in [0.29, 0.717) is 5.69 Å². The van der Waals surface area contributed by atoms with E-state index in [1.54, 1.807) is 19.9 Å². The van der Waals surface area contributed by atoms with Crippen molar-refractivity contribution in [3.63, 3.8) is 0 Å². The molecule has 2 aliphatic heterocycles. The van der Waals surface area contributed by atoms with Crippen LogP contribution in [-0.4, -0.2) is 61.1 Å². The number of hydrogen-bond acceptors (Lipinski definition) is 5. The Hall–Kier alpha value is -2.55. The summed E-state index contributed by atoms with van der Waals surface area (Å²) >= 11 is 1.33. The van der Waals surface area contributed by atoms with E-state index in [0.717, 1.165) is 0 Å². The molecule has 3 rings (SSSR count). The van der Waals surface area contributed by atoms with Crippen molar-refractivity contribution in [2.75, 3.05) is 4.90 Å². The highest BCUT2D eigenvalue weighted by molar-refractivity contribution is 8.01. The van der Waals surface area contributed by atoms with Gasteiger partial charge in [0.15, 0.2) is 0 Å². The molecule has 0 aliphatic carbocycles. The summed E-state index contributed by atoms with van der Waals surface area (Å²) in [6.07, 6.45) is 0. The van der Waals surface area contributed by atoms with E-state index in [9.17, 15) is 24.3 Å². The first-order valence-electron chi connectivity index (χ1n) is 7.92. The van der Waals surface area contributed by atoms with Crippen molar-refractivity contribution in [2.45, 2.75) is 43.0 Å². The Morgan fingerprint density at radius 1 is 1.23 bits per heavy atom. The van der Waals surface area contributed by atoms with Crippen LogP contribution in [0.15, 0.2) is 24.3 Å². The van der Waals surface area contributed by atoms with Crippen molar-refractivity contribution in [1.82, 2.24) is 4.90 Å². The summed E-state index contributed by atoms with van der Waals surface area (Å²) in [4.78, 5) is 50.3. The zero-order valence-corrected chi connectivity index (χ0v) is 15.2. The van der Waals surface area contributed by atoms with Crippen molar-refractivity contribution in [1.29, 1.82) is 0 Å². The Bertz CT molecular complexity index is 823. The number of nitrogens with zero attached hydrogens (tertiary/aromatic N) is 2. The smallest absolute Gasteiger partial charge is 0.335 e. The molecule has 9 heteroatoms. The monoisotopic (exact) mass is 378 g/mol. The first-order valence-corrected chi connectivity index (χ1v) is 8.80. The number of thioether (sulfide) groups is 1. The Kier molecular flexibility index (Phi) is 4.22. The van der Waals surface area contributed by atoms with E-state index >= 15 is 0 Å². The van der Waals surface area contributed by atoms with Gasteiger partial charge in [-0.25, -0.2) is 9.59 Å². The van der Waals surface area contributed by atoms with Gasteiger partial charge in [-0.3, -0.25) is 14.5 Å². The summed E-state index contributed by atoms with van der Waals surface area (Å²) in [6.45, 7) is 4.80. The van der Waals surface area contributed by atoms with Gasteiger partial charge < -0.3 is 15.1 Å². The number of carboxylic acid groups (broad SMARTS) is 2. The average molecular weight is 378 g/mol. The molecule has 2 heterocycles. The van der Waals surface area contributed by atoms with Gasteiger partial charge in [0.1, 0.15) is 17.5 Å². The van der Waals surface area contributed by atoms with Crippen molar-refractivity contribution >= 4 is 41.2 Å². The molecule has 26 heavy (non-hydrogen) atoms. The van der Waals surface area contributed by atoms with Crippen molar-refractivity contribution in [3.8, 4) is 0 Å². The molecule has 2 saturated heterocycles. The minimum atomic E-state index is -1.14. The molecule has 3 unspecified atom stereocenters. The second-order valence-corrected chi connectivity index (χ2v) is 8.56. The summed E-state index contributed by atoms with van der Waals surface area (Å²) in [5.74, 6) is -3.09. The molecule has 1 aromatic rings. The third-order valence-electron chi connectivity index (χ3n) is 4.64. The van der Waals surface area contributed by atoms with Gasteiger partial charge in [0.25, 0.3) is 5.91 Å². The molecule has 0 bridgehead atoms. The van der Waals surface area contributed by atoms with Crippen LogP contribution in [0, 0.1) is 0 Å². The number of hydrogen-bond donors (Lipinski definition) is 2. The van der Waals surface area contributed by atoms with Gasteiger partial charge in [0.2, 0.25) is 5.91 Å². The highest BCUT2D eigenvalue weighted by Crippen LogP contribution is 2.52. The third-order valence-corrected chi connectivity index (χ3v) is 6.19. The Morgan fingerprint density at radius 2 is 1.88 bits per heavy atom. The number of benzene rings is 1. The van der Waals surface area contributed by atoms with Crippen LogP contribution in [0.3, 0.4) is 0 Å². The number of carbonyl (C=O) groups is 4. The Morgan fingerprint density at radius 3 is 2.42 bits per heavy atom. The molecule has 2 amide bonds. The van der Waals surface area contributed by atoms with Gasteiger partial charge in [-0.15, -0.1) is 11.8 Å². The molecule has 0 saturated carbocycles. The van der Waals surface area contributed by atoms with E-state index < -0.39 is 46.0 Å². The fourth-order valence-electron chi connectivity index (χ4n) is 3.56. The lowest BCUT2D eigenvalue weighted by Crippen LogP contribution is -2.71. The number of amides is 2. The van der Waals surface area contributed by atoms with E-state index in [2.05, 4.69) is 0 Å². The van der Waals surface area contributed by atoms with Crippen LogP contribution < -0.4 is 4.90 Å². The largest absolute Gasteiger partial charge is 0.480 e. The van der Waals surface area contributed by atoms with Gasteiger partial charge in [0.05, 0.1) is 5.56 Å². The fraction of sp³-hybridized carbons (Fsp3) is 0.412. The van der Waals surface area contributed by atoms with Crippen LogP contribution in [0.1, 0.15) is 31.1 Å². The fourth-order valence-corrected chi connectivity index (χ4v) is 5.23. The topological polar surface area (TPSA) is 115 Å². The van der Waals surface area contributed by atoms with Gasteiger partial charge in [-0.2, -0.15) is 0 Å². The molecular weight excluding hydrogens is 360 g/mol. The van der Waals surface area contributed by atoms with Gasteiger partial charge in [-0.05, 0) is 32.0 Å². The number of anilines is 1. The first kappa shape index (κ1) is 18.2. The highest BCUT2D eigenvalue weighted by atomic mass is 32.2. The lowest BCUT2D eigenvalue weighted by atomic mass is 9.95. The zero-order chi connectivity index (χ0) is 19.4. The van der Waals surface area contributed by atoms with Crippen molar-refractivity contribution < 1.29 is 29.4 Å². The standard InChI is InChI=1S/C17H18N2O6S/c1-8(20)18(10-6-4-5-9(7-10)15(22)23)11-13(21)19-12(16(24)25)17(2,3)26-14(11)19/h4-7,11-12,14H,1-3H3,(H,22,23)(H,24,25). The van der Waals surface area contributed by atoms with Crippen LogP contribution in [0.25, 0.3) is 0 Å². The maximum atomic E-state index is 12.7. The lowest BCUT2D eigenvalue weighted by molar-refractivity contribution is -0.159. The summed E-state index contributed by atoms with van der Waals surface area (Å²) in [5, 5.41) is 18.2. The van der Waals surface area contributed by atoms with Crippen LogP contribution in [0.5, 0.6) is 0 Å². The molecule has 2 aliphatic rings. The highest BCUT2D eigenvalue weighted by Gasteiger charge is 2.65. The SMILES string of the molecule is CC(=O)N(c1cccc(C(=O)O)c1)C1C(=O)N2C1SC(C)(C)C2C(=O)O. The Balaban J connectivity index is 1.98. The predicted molar refractivity (Wildman–Crippen MR) is 94.1 cm³/mol. The molecule has 2 fully saturated rings. The van der Waals surface area contributed by atoms with Crippen LogP contribution in [-0.2, 0) is 14.4 Å². The summed E-state index contributed by atoms with van der Waals surface area (Å²) < 4.78 is -0.702. The Labute approximate surface area is 153 Å². The van der Waals surface area contributed by atoms with Crippen LogP contribution in [0.2, 0.25) is 0 Å². The number of rotatable bonds is 4. The number of β-lactam (4-membered cyclic amide) rings is 1. The summed E-state index contributed by atoms with van der Waals surface area (Å²) in [7, 11) is 0.